The van der Waals surface area contributed by atoms with Gasteiger partial charge in [-0.05, 0) is 16.7 Å². The van der Waals surface area contributed by atoms with Crippen molar-refractivity contribution in [3.63, 3.8) is 0 Å². The molecule has 3 aromatic rings. The van der Waals surface area contributed by atoms with Gasteiger partial charge in [-0.3, -0.25) is 0 Å². The first-order chi connectivity index (χ1) is 14.3. The molecule has 0 aromatic heterocycles. The lowest BCUT2D eigenvalue weighted by atomic mass is 10.0. The Morgan fingerprint density at radius 1 is 0.690 bits per heavy atom. The van der Waals surface area contributed by atoms with Crippen LogP contribution in [0.15, 0.2) is 91.0 Å². The molecule has 0 bridgehead atoms. The summed E-state index contributed by atoms with van der Waals surface area (Å²) in [7, 11) is 0. The van der Waals surface area contributed by atoms with E-state index in [2.05, 4.69) is 0 Å². The maximum Gasteiger partial charge on any atom is 0.151 e. The van der Waals surface area contributed by atoms with Crippen molar-refractivity contribution in [1.29, 1.82) is 0 Å². The van der Waals surface area contributed by atoms with Crippen LogP contribution in [-0.4, -0.2) is 24.6 Å². The monoisotopic (exact) mass is 388 g/mol. The molecule has 0 unspecified atom stereocenters. The second-order valence-electron chi connectivity index (χ2n) is 7.09. The summed E-state index contributed by atoms with van der Waals surface area (Å²) in [5.41, 5.74) is 3.08. The highest BCUT2D eigenvalue weighted by atomic mass is 16.6. The molecule has 0 amide bonds. The smallest absolute Gasteiger partial charge is 0.151 e. The summed E-state index contributed by atoms with van der Waals surface area (Å²) in [6, 6.07) is 29.7. The predicted molar refractivity (Wildman–Crippen MR) is 110 cm³/mol. The van der Waals surface area contributed by atoms with Crippen molar-refractivity contribution in [3.05, 3.63) is 108 Å². The van der Waals surface area contributed by atoms with Gasteiger partial charge in [0.1, 0.15) is 24.4 Å². The molecule has 3 aromatic carbocycles. The van der Waals surface area contributed by atoms with E-state index in [1.807, 2.05) is 91.0 Å². The zero-order valence-electron chi connectivity index (χ0n) is 16.1. The summed E-state index contributed by atoms with van der Waals surface area (Å²) >= 11 is 0. The summed E-state index contributed by atoms with van der Waals surface area (Å²) in [4.78, 5) is 11.8. The fourth-order valence-corrected chi connectivity index (χ4v) is 3.61. The Balaban J connectivity index is 1.55. The van der Waals surface area contributed by atoms with Crippen LogP contribution in [0.5, 0.6) is 0 Å². The standard InChI is InChI=1S/C25H24O4/c26-16-22-24(27-17-19-10-4-1-5-11-19)25(28-18-20-12-6-2-7-13-20)23(29-22)21-14-8-3-9-15-21/h1-16,22-25H,17-18H2/t22-,23+,24+,25+/m0/s1. The number of rotatable bonds is 8. The molecule has 0 N–H and O–H groups in total. The number of hydrogen-bond acceptors (Lipinski definition) is 4. The van der Waals surface area contributed by atoms with E-state index in [0.29, 0.717) is 13.2 Å². The Morgan fingerprint density at radius 3 is 1.69 bits per heavy atom. The Bertz CT molecular complexity index is 882. The second kappa shape index (κ2) is 9.61. The summed E-state index contributed by atoms with van der Waals surface area (Å²) in [6.45, 7) is 0.820. The van der Waals surface area contributed by atoms with Crippen LogP contribution in [0, 0.1) is 0 Å². The van der Waals surface area contributed by atoms with Crippen LogP contribution in [-0.2, 0) is 32.2 Å². The minimum absolute atomic E-state index is 0.365. The van der Waals surface area contributed by atoms with Crippen molar-refractivity contribution >= 4 is 6.29 Å². The van der Waals surface area contributed by atoms with Crippen LogP contribution in [0.3, 0.4) is 0 Å². The Morgan fingerprint density at radius 2 is 1.17 bits per heavy atom. The van der Waals surface area contributed by atoms with Gasteiger partial charge in [-0.1, -0.05) is 91.0 Å². The fraction of sp³-hybridized carbons (Fsp3) is 0.240. The van der Waals surface area contributed by atoms with E-state index in [9.17, 15) is 4.79 Å². The van der Waals surface area contributed by atoms with Crippen LogP contribution in [0.25, 0.3) is 0 Å². The van der Waals surface area contributed by atoms with E-state index >= 15 is 0 Å². The number of aldehydes is 1. The molecule has 0 aliphatic carbocycles. The van der Waals surface area contributed by atoms with E-state index in [1.54, 1.807) is 0 Å². The van der Waals surface area contributed by atoms with Gasteiger partial charge in [-0.15, -0.1) is 0 Å². The summed E-state index contributed by atoms with van der Waals surface area (Å²) in [5.74, 6) is 0. The molecule has 0 saturated carbocycles. The van der Waals surface area contributed by atoms with Gasteiger partial charge in [0.05, 0.1) is 13.2 Å². The molecule has 4 atom stereocenters. The van der Waals surface area contributed by atoms with Gasteiger partial charge in [0.15, 0.2) is 6.29 Å². The van der Waals surface area contributed by atoms with Gasteiger partial charge < -0.3 is 19.0 Å². The molecule has 4 heteroatoms. The normalized spacial score (nSPS) is 23.7. The van der Waals surface area contributed by atoms with Gasteiger partial charge >= 0.3 is 0 Å². The average molecular weight is 388 g/mol. The lowest BCUT2D eigenvalue weighted by Crippen LogP contribution is -2.36. The molecule has 0 radical (unpaired) electrons. The van der Waals surface area contributed by atoms with Crippen LogP contribution in [0.1, 0.15) is 22.8 Å². The lowest BCUT2D eigenvalue weighted by Gasteiger charge is -2.24. The highest BCUT2D eigenvalue weighted by Gasteiger charge is 2.46. The molecule has 1 aliphatic rings. The Kier molecular flexibility index (Phi) is 6.47. The first-order valence-electron chi connectivity index (χ1n) is 9.82. The Hall–Kier alpha value is -2.79. The van der Waals surface area contributed by atoms with Crippen molar-refractivity contribution in [3.8, 4) is 0 Å². The van der Waals surface area contributed by atoms with Gasteiger partial charge in [-0.25, -0.2) is 0 Å². The average Bonchev–Trinajstić information content (AvgIpc) is 3.16. The first kappa shape index (κ1) is 19.5. The third kappa shape index (κ3) is 4.80. The highest BCUT2D eigenvalue weighted by Crippen LogP contribution is 2.37. The van der Waals surface area contributed by atoms with Crippen LogP contribution in [0.4, 0.5) is 0 Å². The number of carbonyl (C=O) groups excluding carboxylic acids is 1. The number of ether oxygens (including phenoxy) is 3. The maximum atomic E-state index is 11.8. The van der Waals surface area contributed by atoms with Gasteiger partial charge in [0.25, 0.3) is 0 Å². The SMILES string of the molecule is O=C[C@@H]1O[C@H](c2ccccc2)[C@@H](OCc2ccccc2)[C@@H]1OCc1ccccc1. The first-order valence-corrected chi connectivity index (χ1v) is 9.82. The second-order valence-corrected chi connectivity index (χ2v) is 7.09. The molecule has 4 nitrogen and oxygen atoms in total. The molecule has 148 valence electrons. The van der Waals surface area contributed by atoms with E-state index in [1.165, 1.54) is 0 Å². The number of carbonyl (C=O) groups is 1. The van der Waals surface area contributed by atoms with Gasteiger partial charge in [0, 0.05) is 0 Å². The third-order valence-electron chi connectivity index (χ3n) is 5.08. The molecule has 29 heavy (non-hydrogen) atoms. The Labute approximate surface area is 171 Å². The van der Waals surface area contributed by atoms with E-state index in [-0.39, 0.29) is 6.10 Å². The summed E-state index contributed by atoms with van der Waals surface area (Å²) < 4.78 is 18.5. The van der Waals surface area contributed by atoms with Crippen molar-refractivity contribution in [2.75, 3.05) is 0 Å². The molecule has 1 aliphatic heterocycles. The van der Waals surface area contributed by atoms with E-state index in [0.717, 1.165) is 23.0 Å². The topological polar surface area (TPSA) is 44.8 Å². The third-order valence-corrected chi connectivity index (χ3v) is 5.08. The molecule has 1 fully saturated rings. The quantitative estimate of drug-likeness (QED) is 0.533. The van der Waals surface area contributed by atoms with Crippen LogP contribution < -0.4 is 0 Å². The predicted octanol–water partition coefficient (Wildman–Crippen LogP) is 4.50. The van der Waals surface area contributed by atoms with Gasteiger partial charge in [0.2, 0.25) is 0 Å². The molecule has 0 spiro atoms. The molecular formula is C25H24O4. The van der Waals surface area contributed by atoms with E-state index in [4.69, 9.17) is 14.2 Å². The zero-order chi connectivity index (χ0) is 19.9. The minimum Gasteiger partial charge on any atom is -0.368 e. The van der Waals surface area contributed by atoms with E-state index < -0.39 is 18.3 Å². The zero-order valence-corrected chi connectivity index (χ0v) is 16.1. The highest BCUT2D eigenvalue weighted by molar-refractivity contribution is 5.58. The van der Waals surface area contributed by atoms with Crippen molar-refractivity contribution < 1.29 is 19.0 Å². The van der Waals surface area contributed by atoms with Crippen molar-refractivity contribution in [2.45, 2.75) is 37.6 Å². The molecule has 1 heterocycles. The lowest BCUT2D eigenvalue weighted by molar-refractivity contribution is -0.124. The summed E-state index contributed by atoms with van der Waals surface area (Å²) in [5, 5.41) is 0. The minimum atomic E-state index is -0.676. The molecule has 4 rings (SSSR count). The molecule has 1 saturated heterocycles. The largest absolute Gasteiger partial charge is 0.368 e. The van der Waals surface area contributed by atoms with Crippen LogP contribution in [0.2, 0.25) is 0 Å². The van der Waals surface area contributed by atoms with Crippen molar-refractivity contribution in [1.82, 2.24) is 0 Å². The molecular weight excluding hydrogens is 364 g/mol. The van der Waals surface area contributed by atoms with Crippen molar-refractivity contribution in [2.24, 2.45) is 0 Å². The summed E-state index contributed by atoms with van der Waals surface area (Å²) in [6.07, 6.45) is -1.10. The maximum absolute atomic E-state index is 11.8. The number of hydrogen-bond donors (Lipinski definition) is 0. The van der Waals surface area contributed by atoms with Crippen LogP contribution >= 0.6 is 0 Å². The van der Waals surface area contributed by atoms with Gasteiger partial charge in [-0.2, -0.15) is 0 Å². The number of benzene rings is 3. The fourth-order valence-electron chi connectivity index (χ4n) is 3.61.